The van der Waals surface area contributed by atoms with Crippen molar-refractivity contribution in [2.45, 2.75) is 51.3 Å². The molecule has 2 aromatic rings. The number of amides is 3. The molecule has 3 heterocycles. The topological polar surface area (TPSA) is 158 Å². The number of alkyl halides is 3. The Morgan fingerprint density at radius 2 is 1.81 bits per heavy atom. The zero-order valence-corrected chi connectivity index (χ0v) is 31.1. The van der Waals surface area contributed by atoms with Gasteiger partial charge >= 0.3 is 12.1 Å². The Bertz CT molecular complexity index is 1550. The van der Waals surface area contributed by atoms with E-state index in [1.807, 2.05) is 0 Å². The van der Waals surface area contributed by atoms with E-state index in [0.29, 0.717) is 17.1 Å². The number of thiazole rings is 1. The summed E-state index contributed by atoms with van der Waals surface area (Å²) in [6.45, 7) is 6.89. The molecule has 0 radical (unpaired) electrons. The molecule has 13 nitrogen and oxygen atoms in total. The van der Waals surface area contributed by atoms with Crippen LogP contribution in [0.3, 0.4) is 0 Å². The standard InChI is InChI=1S/C28H31Cl2N5O8S2.CH2Cl2/c1-6-42-34-18(17-21(30)45-26(32-17)33-27(39)43-28(2,3)4)22(36)31-19-23(37)35-20(15(11-29)13-44-24(19)35)25(38)41-12-14-7-9-16(40-5)10-8-14;2-1-3/h7-10,19,24H,6,11-13H2,1-5H3,(H,31,36)(H,32,33,39);1H2/b34-18+;. The van der Waals surface area contributed by atoms with E-state index in [-0.39, 0.29) is 51.0 Å². The fourth-order valence-corrected chi connectivity index (χ4v) is 6.85. The number of thioether (sulfide) groups is 1. The number of fused-ring (bicyclic) bond motifs is 1. The van der Waals surface area contributed by atoms with Gasteiger partial charge in [-0.25, -0.2) is 14.6 Å². The van der Waals surface area contributed by atoms with Gasteiger partial charge in [-0.1, -0.05) is 40.2 Å². The lowest BCUT2D eigenvalue weighted by Crippen LogP contribution is -2.71. The number of ether oxygens (including phenoxy) is 3. The highest BCUT2D eigenvalue weighted by atomic mass is 35.5. The summed E-state index contributed by atoms with van der Waals surface area (Å²) in [5.41, 5.74) is 0.201. The van der Waals surface area contributed by atoms with Crippen LogP contribution in [0.5, 0.6) is 5.75 Å². The van der Waals surface area contributed by atoms with Gasteiger partial charge in [0, 0.05) is 11.6 Å². The highest BCUT2D eigenvalue weighted by Crippen LogP contribution is 2.41. The van der Waals surface area contributed by atoms with Crippen LogP contribution in [0.4, 0.5) is 9.93 Å². The molecule has 1 aromatic carbocycles. The van der Waals surface area contributed by atoms with Crippen LogP contribution in [-0.2, 0) is 35.3 Å². The minimum atomic E-state index is -1.01. The predicted octanol–water partition coefficient (Wildman–Crippen LogP) is 5.95. The molecule has 2 aliphatic rings. The lowest BCUT2D eigenvalue weighted by molar-refractivity contribution is -0.153. The summed E-state index contributed by atoms with van der Waals surface area (Å²) in [4.78, 5) is 62.8. The molecule has 1 fully saturated rings. The molecular formula is C29H33Cl4N5O8S2. The molecule has 2 N–H and O–H groups in total. The van der Waals surface area contributed by atoms with Crippen LogP contribution in [-0.4, -0.2) is 87.2 Å². The Kier molecular flexibility index (Phi) is 14.9. The van der Waals surface area contributed by atoms with Gasteiger partial charge in [-0.05, 0) is 51.0 Å². The maximum atomic E-state index is 13.4. The normalized spacial score (nSPS) is 17.3. The van der Waals surface area contributed by atoms with E-state index in [4.69, 9.17) is 65.5 Å². The number of esters is 1. The highest BCUT2D eigenvalue weighted by Gasteiger charge is 2.54. The van der Waals surface area contributed by atoms with Crippen molar-refractivity contribution >= 4 is 104 Å². The predicted molar refractivity (Wildman–Crippen MR) is 187 cm³/mol. The van der Waals surface area contributed by atoms with E-state index in [0.717, 1.165) is 16.9 Å². The summed E-state index contributed by atoms with van der Waals surface area (Å²) in [6, 6.07) is 6.00. The second kappa shape index (κ2) is 18.2. The Balaban J connectivity index is 0.00000201. The van der Waals surface area contributed by atoms with Gasteiger partial charge in [-0.3, -0.25) is 19.8 Å². The molecule has 0 aliphatic carbocycles. The minimum Gasteiger partial charge on any atom is -0.497 e. The number of rotatable bonds is 11. The molecule has 3 amide bonds. The van der Waals surface area contributed by atoms with Gasteiger partial charge in [0.25, 0.3) is 11.8 Å². The number of carbonyl (C=O) groups excluding carboxylic acids is 4. The molecule has 4 rings (SSSR count). The zero-order valence-electron chi connectivity index (χ0n) is 26.4. The largest absolute Gasteiger partial charge is 0.497 e. The van der Waals surface area contributed by atoms with Crippen molar-refractivity contribution in [2.75, 3.05) is 36.0 Å². The average molecular weight is 786 g/mol. The molecule has 19 heteroatoms. The van der Waals surface area contributed by atoms with Crippen LogP contribution in [0.15, 0.2) is 40.7 Å². The van der Waals surface area contributed by atoms with Crippen molar-refractivity contribution in [3.63, 3.8) is 0 Å². The minimum absolute atomic E-state index is 0.0145. The molecule has 0 bridgehead atoms. The van der Waals surface area contributed by atoms with Crippen molar-refractivity contribution in [3.8, 4) is 5.75 Å². The van der Waals surface area contributed by atoms with Crippen molar-refractivity contribution in [2.24, 2.45) is 5.16 Å². The fraction of sp³-hybridized carbons (Fsp3) is 0.448. The average Bonchev–Trinajstić information content (AvgIpc) is 3.40. The Morgan fingerprint density at radius 1 is 1.15 bits per heavy atom. The molecule has 1 saturated heterocycles. The number of oxime groups is 1. The van der Waals surface area contributed by atoms with Crippen LogP contribution in [0.1, 0.15) is 39.0 Å². The third-order valence-electron chi connectivity index (χ3n) is 6.14. The number of nitrogens with zero attached hydrogens (tertiary/aromatic N) is 3. The summed E-state index contributed by atoms with van der Waals surface area (Å²) in [5, 5.41) is 8.65. The van der Waals surface area contributed by atoms with E-state index < -0.39 is 40.9 Å². The van der Waals surface area contributed by atoms with Gasteiger partial charge in [0.15, 0.2) is 10.8 Å². The molecule has 2 atom stereocenters. The lowest BCUT2D eigenvalue weighted by Gasteiger charge is -2.49. The molecule has 0 saturated carbocycles. The number of aromatic nitrogens is 1. The first kappa shape index (κ1) is 39.5. The van der Waals surface area contributed by atoms with Crippen LogP contribution in [0, 0.1) is 0 Å². The van der Waals surface area contributed by atoms with Crippen LogP contribution in [0.2, 0.25) is 4.34 Å². The van der Waals surface area contributed by atoms with E-state index >= 15 is 0 Å². The molecule has 48 heavy (non-hydrogen) atoms. The smallest absolute Gasteiger partial charge is 0.413 e. The second-order valence-electron chi connectivity index (χ2n) is 10.6. The van der Waals surface area contributed by atoms with Crippen LogP contribution >= 0.6 is 69.5 Å². The molecule has 2 unspecified atom stereocenters. The lowest BCUT2D eigenvalue weighted by atomic mass is 10.0. The number of hydrogen-bond acceptors (Lipinski definition) is 12. The van der Waals surface area contributed by atoms with Crippen molar-refractivity contribution in [3.05, 3.63) is 51.1 Å². The number of carbonyl (C=O) groups is 4. The van der Waals surface area contributed by atoms with Gasteiger partial charge in [-0.2, -0.15) is 0 Å². The number of methoxy groups -OCH3 is 1. The maximum absolute atomic E-state index is 13.4. The summed E-state index contributed by atoms with van der Waals surface area (Å²) in [7, 11) is 1.55. The third kappa shape index (κ3) is 10.3. The van der Waals surface area contributed by atoms with E-state index in [1.54, 1.807) is 59.1 Å². The maximum Gasteiger partial charge on any atom is 0.413 e. The first-order valence-corrected chi connectivity index (χ1v) is 17.9. The summed E-state index contributed by atoms with van der Waals surface area (Å²) >= 11 is 24.3. The van der Waals surface area contributed by atoms with Crippen molar-refractivity contribution < 1.29 is 38.2 Å². The van der Waals surface area contributed by atoms with Crippen molar-refractivity contribution in [1.82, 2.24) is 15.2 Å². The molecule has 262 valence electrons. The second-order valence-corrected chi connectivity index (χ2v) is 14.4. The third-order valence-corrected chi connectivity index (χ3v) is 8.97. The number of benzene rings is 1. The Labute approximate surface area is 305 Å². The number of anilines is 1. The quantitative estimate of drug-likeness (QED) is 0.0918. The fourth-order valence-electron chi connectivity index (χ4n) is 4.14. The number of β-lactam (4-membered cyclic amide) rings is 1. The van der Waals surface area contributed by atoms with Gasteiger partial charge in [0.2, 0.25) is 0 Å². The Morgan fingerprint density at radius 3 is 2.40 bits per heavy atom. The first-order valence-electron chi connectivity index (χ1n) is 14.1. The van der Waals surface area contributed by atoms with Crippen molar-refractivity contribution in [1.29, 1.82) is 0 Å². The summed E-state index contributed by atoms with van der Waals surface area (Å²) in [5.74, 6) is -1.02. The Hall–Kier alpha value is -2.95. The molecule has 2 aliphatic heterocycles. The van der Waals surface area contributed by atoms with E-state index in [9.17, 15) is 19.2 Å². The van der Waals surface area contributed by atoms with Gasteiger partial charge < -0.3 is 24.4 Å². The number of nitrogens with one attached hydrogen (secondary N) is 2. The number of hydrogen-bond donors (Lipinski definition) is 2. The van der Waals surface area contributed by atoms with E-state index in [1.165, 1.54) is 16.7 Å². The van der Waals surface area contributed by atoms with Gasteiger partial charge in [-0.15, -0.1) is 46.6 Å². The van der Waals surface area contributed by atoms with Crippen LogP contribution < -0.4 is 15.4 Å². The molecule has 0 spiro atoms. The molecular weight excluding hydrogens is 752 g/mol. The summed E-state index contributed by atoms with van der Waals surface area (Å²) < 4.78 is 15.9. The number of halogens is 4. The van der Waals surface area contributed by atoms with Gasteiger partial charge in [0.05, 0.1) is 12.4 Å². The molecule has 1 aromatic heterocycles. The monoisotopic (exact) mass is 783 g/mol. The first-order chi connectivity index (χ1) is 22.8. The van der Waals surface area contributed by atoms with E-state index in [2.05, 4.69) is 20.8 Å². The summed E-state index contributed by atoms with van der Waals surface area (Å²) in [6.07, 6.45) is -0.760. The zero-order chi connectivity index (χ0) is 35.6. The van der Waals surface area contributed by atoms with Crippen LogP contribution in [0.25, 0.3) is 0 Å². The van der Waals surface area contributed by atoms with Gasteiger partial charge in [0.1, 0.15) is 51.7 Å². The highest BCUT2D eigenvalue weighted by molar-refractivity contribution is 8.00. The SMILES string of the molecule is CCO/N=C(/C(=O)NC1C(=O)N2C(C(=O)OCc3ccc(OC)cc3)=C(CCl)CSC12)c1nc(NC(=O)OC(C)(C)C)sc1Cl.ClCCl.